The van der Waals surface area contributed by atoms with Crippen molar-refractivity contribution < 1.29 is 19.0 Å². The Morgan fingerprint density at radius 2 is 1.82 bits per heavy atom. The molecule has 0 amide bonds. The van der Waals surface area contributed by atoms with Crippen LogP contribution in [0.15, 0.2) is 0 Å². The van der Waals surface area contributed by atoms with Crippen LogP contribution >= 0.6 is 0 Å². The van der Waals surface area contributed by atoms with E-state index in [0.29, 0.717) is 0 Å². The third-order valence-electron chi connectivity index (χ3n) is 2.10. The molecule has 0 aromatic heterocycles. The summed E-state index contributed by atoms with van der Waals surface area (Å²) in [5, 5.41) is 18.0. The van der Waals surface area contributed by atoms with E-state index in [4.69, 9.17) is 15.9 Å². The third-order valence-corrected chi connectivity index (χ3v) is 2.10. The average Bonchev–Trinajstić information content (AvgIpc) is 2.17. The van der Waals surface area contributed by atoms with Gasteiger partial charge in [-0.3, -0.25) is 0 Å². The van der Waals surface area contributed by atoms with Crippen molar-refractivity contribution in [3.8, 4) is 0 Å². The monoisotopic (exact) mass is 167 g/mol. The second kappa shape index (κ2) is 3.00. The number of hydrogen-bond acceptors (Lipinski definition) is 3. The summed E-state index contributed by atoms with van der Waals surface area (Å²) in [6, 6.07) is -0.719. The van der Waals surface area contributed by atoms with Gasteiger partial charge in [-0.25, -0.2) is 8.78 Å². The molecule has 1 aliphatic carbocycles. The molecule has 1 fully saturated rings. The lowest BCUT2D eigenvalue weighted by Gasteiger charge is -2.14. The van der Waals surface area contributed by atoms with E-state index in [9.17, 15) is 8.78 Å². The molecule has 3 nitrogen and oxygen atoms in total. The largest absolute Gasteiger partial charge is 0.390 e. The van der Waals surface area contributed by atoms with Gasteiger partial charge in [0.15, 0.2) is 0 Å². The van der Waals surface area contributed by atoms with Crippen LogP contribution in [0.4, 0.5) is 8.78 Å². The molecule has 4 atom stereocenters. The molecule has 0 unspecified atom stereocenters. The molecule has 0 spiro atoms. The summed E-state index contributed by atoms with van der Waals surface area (Å²) in [4.78, 5) is 0. The van der Waals surface area contributed by atoms with Gasteiger partial charge in [0.2, 0.25) is 6.43 Å². The fraction of sp³-hybridized carbons (Fsp3) is 1.00. The van der Waals surface area contributed by atoms with Crippen LogP contribution in [-0.2, 0) is 0 Å². The fourth-order valence-corrected chi connectivity index (χ4v) is 1.35. The molecule has 0 aromatic rings. The van der Waals surface area contributed by atoms with E-state index in [-0.39, 0.29) is 6.42 Å². The van der Waals surface area contributed by atoms with Crippen molar-refractivity contribution in [2.45, 2.75) is 31.1 Å². The second-order valence-electron chi connectivity index (χ2n) is 2.88. The number of aliphatic hydroxyl groups excluding tert-OH is 2. The van der Waals surface area contributed by atoms with Gasteiger partial charge in [-0.15, -0.1) is 0 Å². The molecule has 1 saturated carbocycles. The Morgan fingerprint density at radius 3 is 2.00 bits per heavy atom. The van der Waals surface area contributed by atoms with Crippen LogP contribution in [-0.4, -0.2) is 34.9 Å². The first-order chi connectivity index (χ1) is 5.04. The Labute approximate surface area is 62.8 Å². The molecule has 1 rings (SSSR count). The molecular formula is C6H11F2NO2. The first-order valence-electron chi connectivity index (χ1n) is 3.44. The standard InChI is InChI=1S/C6H11F2NO2/c7-6(8)2-1-3(9)5(11)4(2)10/h2-6,10-11H,1,9H2/t2-,3-,4-,5+/m1/s1. The summed E-state index contributed by atoms with van der Waals surface area (Å²) < 4.78 is 24.0. The summed E-state index contributed by atoms with van der Waals surface area (Å²) in [6.07, 6.45) is -5.19. The average molecular weight is 167 g/mol. The lowest BCUT2D eigenvalue weighted by Crippen LogP contribution is -2.36. The smallest absolute Gasteiger partial charge is 0.244 e. The van der Waals surface area contributed by atoms with Crippen LogP contribution in [0, 0.1) is 5.92 Å². The fourth-order valence-electron chi connectivity index (χ4n) is 1.35. The van der Waals surface area contributed by atoms with Crippen LogP contribution in [0.1, 0.15) is 6.42 Å². The maximum Gasteiger partial charge on any atom is 0.244 e. The van der Waals surface area contributed by atoms with Gasteiger partial charge in [0.05, 0.1) is 12.2 Å². The highest BCUT2D eigenvalue weighted by atomic mass is 19.3. The summed E-state index contributed by atoms with van der Waals surface area (Å²) in [5.41, 5.74) is 5.25. The molecule has 0 aliphatic heterocycles. The first-order valence-corrected chi connectivity index (χ1v) is 3.44. The minimum Gasteiger partial charge on any atom is -0.390 e. The van der Waals surface area contributed by atoms with Crippen molar-refractivity contribution in [3.63, 3.8) is 0 Å². The van der Waals surface area contributed by atoms with Crippen LogP contribution in [0.3, 0.4) is 0 Å². The second-order valence-corrected chi connectivity index (χ2v) is 2.88. The van der Waals surface area contributed by atoms with E-state index in [1.807, 2.05) is 0 Å². The zero-order valence-electron chi connectivity index (χ0n) is 5.82. The number of hydrogen-bond donors (Lipinski definition) is 3. The number of rotatable bonds is 1. The summed E-state index contributed by atoms with van der Waals surface area (Å²) in [6.45, 7) is 0. The predicted octanol–water partition coefficient (Wildman–Crippen LogP) is -0.680. The first kappa shape index (κ1) is 8.83. The van der Waals surface area contributed by atoms with E-state index in [1.165, 1.54) is 0 Å². The van der Waals surface area contributed by atoms with E-state index in [0.717, 1.165) is 0 Å². The van der Waals surface area contributed by atoms with Gasteiger partial charge in [0, 0.05) is 12.0 Å². The Morgan fingerprint density at radius 1 is 1.27 bits per heavy atom. The van der Waals surface area contributed by atoms with Crippen LogP contribution in [0.25, 0.3) is 0 Å². The molecule has 4 N–H and O–H groups in total. The van der Waals surface area contributed by atoms with Crippen molar-refractivity contribution >= 4 is 0 Å². The van der Waals surface area contributed by atoms with Crippen molar-refractivity contribution in [2.24, 2.45) is 11.7 Å². The Bertz CT molecular complexity index is 145. The molecule has 0 aromatic carbocycles. The van der Waals surface area contributed by atoms with Crippen molar-refractivity contribution in [1.29, 1.82) is 0 Å². The molecule has 11 heavy (non-hydrogen) atoms. The van der Waals surface area contributed by atoms with Crippen molar-refractivity contribution in [3.05, 3.63) is 0 Å². The third kappa shape index (κ3) is 1.50. The Hall–Kier alpha value is -0.260. The van der Waals surface area contributed by atoms with E-state index in [1.54, 1.807) is 0 Å². The molecule has 0 radical (unpaired) electrons. The highest BCUT2D eigenvalue weighted by Crippen LogP contribution is 2.30. The lowest BCUT2D eigenvalue weighted by molar-refractivity contribution is -0.0339. The minimum atomic E-state index is -2.60. The number of aliphatic hydroxyl groups is 2. The molecule has 0 saturated heterocycles. The topological polar surface area (TPSA) is 66.5 Å². The summed E-state index contributed by atoms with van der Waals surface area (Å²) in [7, 11) is 0. The molecule has 66 valence electrons. The van der Waals surface area contributed by atoms with E-state index in [2.05, 4.69) is 0 Å². The number of nitrogens with two attached hydrogens (primary N) is 1. The quantitative estimate of drug-likeness (QED) is 0.484. The SMILES string of the molecule is N[C@@H]1C[C@@H](C(F)F)[C@@H](O)[C@H]1O. The number of alkyl halides is 2. The predicted molar refractivity (Wildman–Crippen MR) is 34.1 cm³/mol. The van der Waals surface area contributed by atoms with Gasteiger partial charge in [-0.2, -0.15) is 0 Å². The van der Waals surface area contributed by atoms with Gasteiger partial charge in [0.1, 0.15) is 0 Å². The maximum atomic E-state index is 12.0. The maximum absolute atomic E-state index is 12.0. The Balaban J connectivity index is 2.59. The summed E-state index contributed by atoms with van der Waals surface area (Å²) >= 11 is 0. The zero-order chi connectivity index (χ0) is 8.59. The highest BCUT2D eigenvalue weighted by molar-refractivity contribution is 4.94. The molecule has 0 bridgehead atoms. The molecular weight excluding hydrogens is 156 g/mol. The Kier molecular flexibility index (Phi) is 2.41. The van der Waals surface area contributed by atoms with Crippen molar-refractivity contribution in [2.75, 3.05) is 0 Å². The van der Waals surface area contributed by atoms with Crippen LogP contribution < -0.4 is 5.73 Å². The van der Waals surface area contributed by atoms with Crippen LogP contribution in [0.2, 0.25) is 0 Å². The van der Waals surface area contributed by atoms with Gasteiger partial charge in [-0.1, -0.05) is 0 Å². The molecule has 1 aliphatic rings. The summed E-state index contributed by atoms with van der Waals surface area (Å²) in [5.74, 6) is -1.17. The number of halogens is 2. The molecule has 5 heteroatoms. The lowest BCUT2D eigenvalue weighted by atomic mass is 10.1. The normalized spacial score (nSPS) is 45.3. The van der Waals surface area contributed by atoms with Gasteiger partial charge in [-0.05, 0) is 6.42 Å². The van der Waals surface area contributed by atoms with Gasteiger partial charge < -0.3 is 15.9 Å². The van der Waals surface area contributed by atoms with Gasteiger partial charge >= 0.3 is 0 Å². The minimum absolute atomic E-state index is 0.0139. The molecule has 0 heterocycles. The van der Waals surface area contributed by atoms with Crippen LogP contribution in [0.5, 0.6) is 0 Å². The zero-order valence-corrected chi connectivity index (χ0v) is 5.82. The van der Waals surface area contributed by atoms with Crippen molar-refractivity contribution in [1.82, 2.24) is 0 Å². The van der Waals surface area contributed by atoms with E-state index >= 15 is 0 Å². The highest BCUT2D eigenvalue weighted by Gasteiger charge is 2.43. The van der Waals surface area contributed by atoms with Gasteiger partial charge in [0.25, 0.3) is 0 Å². The van der Waals surface area contributed by atoms with E-state index < -0.39 is 30.6 Å².